The molecule has 1 unspecified atom stereocenters. The topological polar surface area (TPSA) is 60.7 Å². The van der Waals surface area contributed by atoms with E-state index < -0.39 is 0 Å². The van der Waals surface area contributed by atoms with Crippen molar-refractivity contribution in [1.29, 1.82) is 0 Å². The highest BCUT2D eigenvalue weighted by Crippen LogP contribution is 2.26. The lowest BCUT2D eigenvalue weighted by atomic mass is 10.0. The van der Waals surface area contributed by atoms with Gasteiger partial charge in [0.05, 0.1) is 17.3 Å². The Morgan fingerprint density at radius 2 is 2.00 bits per heavy atom. The number of hydrogen-bond donors (Lipinski definition) is 0. The van der Waals surface area contributed by atoms with Crippen LogP contribution in [0.4, 0.5) is 0 Å². The highest BCUT2D eigenvalue weighted by Gasteiger charge is 2.25. The molecule has 2 rings (SSSR count). The van der Waals surface area contributed by atoms with E-state index in [9.17, 15) is 4.79 Å². The van der Waals surface area contributed by atoms with Gasteiger partial charge in [-0.1, -0.05) is 0 Å². The molecule has 19 heavy (non-hydrogen) atoms. The van der Waals surface area contributed by atoms with Gasteiger partial charge in [-0.2, -0.15) is 0 Å². The summed E-state index contributed by atoms with van der Waals surface area (Å²) in [5.74, 6) is -0.418. The lowest BCUT2D eigenvalue weighted by molar-refractivity contribution is 0.0955. The summed E-state index contributed by atoms with van der Waals surface area (Å²) in [6.45, 7) is 3.67. The zero-order valence-corrected chi connectivity index (χ0v) is 13.9. The molecule has 5 nitrogen and oxygen atoms in total. The normalized spacial score (nSPS) is 12.5. The lowest BCUT2D eigenvalue weighted by Gasteiger charge is -2.11. The van der Waals surface area contributed by atoms with Crippen LogP contribution in [0.25, 0.3) is 0 Å². The number of Topliss-reactive ketones (excluding diaryl/α,β-unsaturated/α-hetero) is 1. The minimum atomic E-state index is -0.369. The molecule has 0 saturated carbocycles. The summed E-state index contributed by atoms with van der Waals surface area (Å²) in [4.78, 5) is 25.1. The number of carbonyl (C=O) groups excluding carboxylic acids is 1. The Bertz CT molecular complexity index is 639. The highest BCUT2D eigenvalue weighted by atomic mass is 79.9. The Balaban J connectivity index is 2.39. The zero-order chi connectivity index (χ0) is 14.2. The van der Waals surface area contributed by atoms with Crippen molar-refractivity contribution in [1.82, 2.24) is 19.5 Å². The van der Waals surface area contributed by atoms with Crippen LogP contribution < -0.4 is 0 Å². The fraction of sp³-hybridized carbons (Fsp3) is 0.333. The fourth-order valence-electron chi connectivity index (χ4n) is 1.74. The van der Waals surface area contributed by atoms with Crippen LogP contribution in [-0.2, 0) is 7.05 Å². The number of carbonyl (C=O) groups is 1. The molecule has 0 spiro atoms. The number of nitrogens with zero attached hydrogens (tertiary/aromatic N) is 4. The third kappa shape index (κ3) is 2.76. The molecule has 1 atom stereocenters. The smallest absolute Gasteiger partial charge is 0.190 e. The molecule has 0 amide bonds. The number of halogens is 2. The number of rotatable bonds is 3. The lowest BCUT2D eigenvalue weighted by Crippen LogP contribution is -2.15. The van der Waals surface area contributed by atoms with Crippen molar-refractivity contribution in [2.45, 2.75) is 19.8 Å². The summed E-state index contributed by atoms with van der Waals surface area (Å²) in [6, 6.07) is 0. The van der Waals surface area contributed by atoms with Crippen LogP contribution in [0.15, 0.2) is 21.7 Å². The maximum atomic E-state index is 12.5. The average molecular weight is 388 g/mol. The van der Waals surface area contributed by atoms with E-state index in [0.717, 1.165) is 5.69 Å². The van der Waals surface area contributed by atoms with Crippen LogP contribution >= 0.6 is 31.9 Å². The summed E-state index contributed by atoms with van der Waals surface area (Å²) < 4.78 is 2.83. The summed E-state index contributed by atoms with van der Waals surface area (Å²) in [5.41, 5.74) is 1.97. The second-order valence-corrected chi connectivity index (χ2v) is 5.71. The van der Waals surface area contributed by atoms with Gasteiger partial charge >= 0.3 is 0 Å². The van der Waals surface area contributed by atoms with Crippen molar-refractivity contribution in [2.75, 3.05) is 0 Å². The monoisotopic (exact) mass is 386 g/mol. The quantitative estimate of drug-likeness (QED) is 0.759. The predicted octanol–water partition coefficient (Wildman–Crippen LogP) is 3.03. The van der Waals surface area contributed by atoms with E-state index in [1.165, 1.54) is 0 Å². The summed E-state index contributed by atoms with van der Waals surface area (Å²) in [6.07, 6.45) is 3.28. The molecule has 7 heteroatoms. The van der Waals surface area contributed by atoms with Crippen molar-refractivity contribution in [3.05, 3.63) is 38.8 Å². The zero-order valence-electron chi connectivity index (χ0n) is 10.7. The first kappa shape index (κ1) is 14.3. The minimum absolute atomic E-state index is 0.0486. The molecular formula is C12H12Br2N4O. The molecule has 100 valence electrons. The van der Waals surface area contributed by atoms with E-state index in [1.807, 2.05) is 13.8 Å². The maximum absolute atomic E-state index is 12.5. The van der Waals surface area contributed by atoms with Gasteiger partial charge in [-0.05, 0) is 45.7 Å². The first-order valence-electron chi connectivity index (χ1n) is 5.62. The molecule has 2 aromatic rings. The van der Waals surface area contributed by atoms with Crippen LogP contribution in [0.5, 0.6) is 0 Å². The van der Waals surface area contributed by atoms with Gasteiger partial charge in [0.25, 0.3) is 0 Å². The van der Waals surface area contributed by atoms with Crippen molar-refractivity contribution in [2.24, 2.45) is 7.05 Å². The predicted molar refractivity (Wildman–Crippen MR) is 78.1 cm³/mol. The standard InChI is InChI=1S/C12H12Br2N4O/c1-6-4-15-5-8(16-6)7(2)10(19)9-11(13)17-12(14)18(9)3/h4-5,7H,1-3H3. The fourth-order valence-corrected chi connectivity index (χ4v) is 2.96. The van der Waals surface area contributed by atoms with Crippen molar-refractivity contribution < 1.29 is 4.79 Å². The molecule has 0 radical (unpaired) electrons. The second kappa shape index (κ2) is 5.50. The molecule has 0 aliphatic rings. The number of ketones is 1. The van der Waals surface area contributed by atoms with E-state index in [4.69, 9.17) is 0 Å². The molecule has 0 bridgehead atoms. The molecular weight excluding hydrogens is 376 g/mol. The molecule has 2 heterocycles. The molecule has 2 aromatic heterocycles. The van der Waals surface area contributed by atoms with Crippen LogP contribution in [0.3, 0.4) is 0 Å². The van der Waals surface area contributed by atoms with E-state index in [-0.39, 0.29) is 11.7 Å². The summed E-state index contributed by atoms with van der Waals surface area (Å²) >= 11 is 6.60. The van der Waals surface area contributed by atoms with E-state index in [2.05, 4.69) is 46.8 Å². The average Bonchev–Trinajstić information content (AvgIpc) is 2.61. The first-order valence-corrected chi connectivity index (χ1v) is 7.21. The Hall–Kier alpha value is -1.08. The molecule has 0 aromatic carbocycles. The van der Waals surface area contributed by atoms with Gasteiger partial charge in [-0.25, -0.2) is 4.98 Å². The summed E-state index contributed by atoms with van der Waals surface area (Å²) in [7, 11) is 1.78. The maximum Gasteiger partial charge on any atom is 0.190 e. The Morgan fingerprint density at radius 1 is 1.32 bits per heavy atom. The minimum Gasteiger partial charge on any atom is -0.318 e. The van der Waals surface area contributed by atoms with Crippen LogP contribution in [0.1, 0.15) is 34.7 Å². The van der Waals surface area contributed by atoms with Crippen LogP contribution in [0, 0.1) is 6.92 Å². The Labute approximate surface area is 127 Å². The SMILES string of the molecule is Cc1cncc(C(C)C(=O)c2c(Br)nc(Br)n2C)n1. The number of aryl methyl sites for hydroxylation is 1. The number of aromatic nitrogens is 4. The van der Waals surface area contributed by atoms with Crippen LogP contribution in [0.2, 0.25) is 0 Å². The third-order valence-electron chi connectivity index (χ3n) is 2.84. The highest BCUT2D eigenvalue weighted by molar-refractivity contribution is 9.11. The largest absolute Gasteiger partial charge is 0.318 e. The van der Waals surface area contributed by atoms with Gasteiger partial charge in [-0.15, -0.1) is 0 Å². The molecule has 0 aliphatic carbocycles. The van der Waals surface area contributed by atoms with Crippen molar-refractivity contribution in [3.8, 4) is 0 Å². The molecule has 0 fully saturated rings. The molecule has 0 N–H and O–H groups in total. The van der Waals surface area contributed by atoms with Crippen molar-refractivity contribution in [3.63, 3.8) is 0 Å². The summed E-state index contributed by atoms with van der Waals surface area (Å²) in [5, 5.41) is 0. The van der Waals surface area contributed by atoms with Gasteiger partial charge in [0.1, 0.15) is 10.3 Å². The first-order chi connectivity index (χ1) is 8.91. The Morgan fingerprint density at radius 3 is 2.53 bits per heavy atom. The van der Waals surface area contributed by atoms with Gasteiger partial charge in [0.2, 0.25) is 0 Å². The van der Waals surface area contributed by atoms with E-state index in [0.29, 0.717) is 20.7 Å². The van der Waals surface area contributed by atoms with Crippen molar-refractivity contribution >= 4 is 37.6 Å². The number of imidazole rings is 1. The van der Waals surface area contributed by atoms with Gasteiger partial charge in [0.15, 0.2) is 10.5 Å². The van der Waals surface area contributed by atoms with E-state index in [1.54, 1.807) is 24.0 Å². The molecule has 0 aliphatic heterocycles. The Kier molecular flexibility index (Phi) is 4.15. The number of hydrogen-bond acceptors (Lipinski definition) is 4. The van der Waals surface area contributed by atoms with Gasteiger partial charge < -0.3 is 4.57 Å². The van der Waals surface area contributed by atoms with Gasteiger partial charge in [-0.3, -0.25) is 14.8 Å². The van der Waals surface area contributed by atoms with Crippen LogP contribution in [-0.4, -0.2) is 25.3 Å². The van der Waals surface area contributed by atoms with Gasteiger partial charge in [0, 0.05) is 19.4 Å². The third-order valence-corrected chi connectivity index (χ3v) is 4.10. The molecule has 0 saturated heterocycles. The second-order valence-electron chi connectivity index (χ2n) is 4.25. The van der Waals surface area contributed by atoms with E-state index >= 15 is 0 Å².